The highest BCUT2D eigenvalue weighted by Gasteiger charge is 2.50. The Morgan fingerprint density at radius 3 is 1.75 bits per heavy atom. The fourth-order valence-electron chi connectivity index (χ4n) is 5.55. The molecule has 17 heteroatoms. The molecular formula is C36H56N8O9. The molecule has 1 saturated heterocycles. The number of hydrogen-bond acceptors (Lipinski definition) is 10. The van der Waals surface area contributed by atoms with Crippen molar-refractivity contribution in [2.24, 2.45) is 22.9 Å². The van der Waals surface area contributed by atoms with Crippen LogP contribution in [0.5, 0.6) is 5.75 Å². The molecule has 1 aliphatic rings. The second-order valence-electron chi connectivity index (χ2n) is 14.4. The Morgan fingerprint density at radius 1 is 0.811 bits per heavy atom. The third kappa shape index (κ3) is 13.6. The second kappa shape index (κ2) is 20.5. The van der Waals surface area contributed by atoms with Crippen molar-refractivity contribution < 1.29 is 43.7 Å². The lowest BCUT2D eigenvalue weighted by Gasteiger charge is -2.31. The fraction of sp³-hybridized carbons (Fsp3) is 0.667. The lowest BCUT2D eigenvalue weighted by atomic mass is 9.92. The monoisotopic (exact) mass is 744 g/mol. The van der Waals surface area contributed by atoms with E-state index in [1.54, 1.807) is 39.8 Å². The summed E-state index contributed by atoms with van der Waals surface area (Å²) in [5, 5.41) is 36.7. The van der Waals surface area contributed by atoms with Crippen molar-refractivity contribution in [1.29, 1.82) is 0 Å². The standard InChI is InChI=1S/C36H56N8O9/c1-9-20(5)28(41-32(49)26(39-27(47)17-38-44-37)16-23-11-13-24(46)14-12-23)33(50)42-29(21(6)10-2)34(51)43-30(22(7)45)35(52)40-25(15-19(3)4)31(48)36(8)18-53-36/h11-14,19-22,25-26,28-30,45-46H,9-10,15-18H2,1-8H3,(H,39,47)(H,40,52)(H,41,49)(H,42,50)(H,43,51)/t20-,21-,22+,25-,26-,28-,29-,30-,36+/m0/s1. The number of benzene rings is 1. The molecule has 1 aliphatic heterocycles. The van der Waals surface area contributed by atoms with Crippen LogP contribution in [0, 0.1) is 17.8 Å². The van der Waals surface area contributed by atoms with Gasteiger partial charge in [-0.25, -0.2) is 0 Å². The van der Waals surface area contributed by atoms with Gasteiger partial charge in [-0.15, -0.1) is 0 Å². The minimum Gasteiger partial charge on any atom is -0.508 e. The molecule has 1 aromatic rings. The molecule has 5 amide bonds. The molecule has 9 atom stereocenters. The lowest BCUT2D eigenvalue weighted by molar-refractivity contribution is -0.138. The highest BCUT2D eigenvalue weighted by atomic mass is 16.6. The zero-order valence-electron chi connectivity index (χ0n) is 31.8. The molecule has 0 bridgehead atoms. The molecule has 1 fully saturated rings. The van der Waals surface area contributed by atoms with Crippen molar-refractivity contribution in [3.05, 3.63) is 40.3 Å². The molecule has 294 valence electrons. The normalized spacial score (nSPS) is 19.4. The third-order valence-corrected chi connectivity index (χ3v) is 9.39. The first-order valence-electron chi connectivity index (χ1n) is 18.0. The average Bonchev–Trinajstić information content (AvgIpc) is 3.87. The van der Waals surface area contributed by atoms with E-state index >= 15 is 0 Å². The number of hydrogen-bond donors (Lipinski definition) is 7. The predicted molar refractivity (Wildman–Crippen MR) is 195 cm³/mol. The largest absolute Gasteiger partial charge is 0.508 e. The number of phenolic OH excluding ortho intramolecular Hbond substituents is 1. The minimum atomic E-state index is -1.47. The number of carbonyl (C=O) groups excluding carboxylic acids is 6. The van der Waals surface area contributed by atoms with Crippen LogP contribution < -0.4 is 26.6 Å². The molecule has 1 aromatic carbocycles. The molecule has 0 radical (unpaired) electrons. The van der Waals surface area contributed by atoms with E-state index in [0.29, 0.717) is 24.8 Å². The molecule has 2 rings (SSSR count). The minimum absolute atomic E-state index is 0.000505. The van der Waals surface area contributed by atoms with Crippen LogP contribution in [-0.4, -0.2) is 101 Å². The van der Waals surface area contributed by atoms with Crippen LogP contribution in [0.25, 0.3) is 10.4 Å². The second-order valence-corrected chi connectivity index (χ2v) is 14.4. The van der Waals surface area contributed by atoms with Crippen molar-refractivity contribution in [3.63, 3.8) is 0 Å². The summed E-state index contributed by atoms with van der Waals surface area (Å²) in [4.78, 5) is 83.0. The molecule has 0 aromatic heterocycles. The number of aliphatic hydroxyl groups excluding tert-OH is 1. The van der Waals surface area contributed by atoms with Gasteiger partial charge in [0.2, 0.25) is 29.5 Å². The number of Topliss-reactive ketones (excluding diaryl/α,β-unsaturated/α-hetero) is 1. The van der Waals surface area contributed by atoms with Gasteiger partial charge < -0.3 is 41.5 Å². The molecule has 0 unspecified atom stereocenters. The summed E-state index contributed by atoms with van der Waals surface area (Å²) in [6.45, 7) is 13.5. The summed E-state index contributed by atoms with van der Waals surface area (Å²) in [6, 6.07) is -0.00930. The number of ketones is 1. The van der Waals surface area contributed by atoms with Crippen LogP contribution in [-0.2, 0) is 39.9 Å². The Balaban J connectivity index is 2.30. The highest BCUT2D eigenvalue weighted by Crippen LogP contribution is 2.29. The van der Waals surface area contributed by atoms with E-state index in [2.05, 4.69) is 36.6 Å². The Morgan fingerprint density at radius 2 is 1.30 bits per heavy atom. The average molecular weight is 745 g/mol. The third-order valence-electron chi connectivity index (χ3n) is 9.39. The van der Waals surface area contributed by atoms with Crippen LogP contribution in [0.4, 0.5) is 0 Å². The molecular weight excluding hydrogens is 688 g/mol. The first kappa shape index (κ1) is 44.4. The lowest BCUT2D eigenvalue weighted by Crippen LogP contribution is -2.62. The predicted octanol–water partition coefficient (Wildman–Crippen LogP) is 1.55. The van der Waals surface area contributed by atoms with Crippen molar-refractivity contribution in [2.45, 2.75) is 123 Å². The van der Waals surface area contributed by atoms with Gasteiger partial charge in [0, 0.05) is 11.3 Å². The van der Waals surface area contributed by atoms with E-state index in [1.807, 2.05) is 20.8 Å². The van der Waals surface area contributed by atoms with Gasteiger partial charge in [-0.3, -0.25) is 28.8 Å². The smallest absolute Gasteiger partial charge is 0.245 e. The number of phenols is 1. The summed E-state index contributed by atoms with van der Waals surface area (Å²) < 4.78 is 5.30. The van der Waals surface area contributed by atoms with Crippen LogP contribution >= 0.6 is 0 Å². The molecule has 1 heterocycles. The Kier molecular flexibility index (Phi) is 17.2. The molecule has 7 N–H and O–H groups in total. The van der Waals surface area contributed by atoms with Gasteiger partial charge in [0.1, 0.15) is 42.1 Å². The molecule has 0 saturated carbocycles. The summed E-state index contributed by atoms with van der Waals surface area (Å²) in [6.07, 6.45) is -0.221. The quantitative estimate of drug-likeness (QED) is 0.0392. The summed E-state index contributed by atoms with van der Waals surface area (Å²) in [7, 11) is 0. The van der Waals surface area contributed by atoms with Crippen LogP contribution in [0.15, 0.2) is 29.4 Å². The van der Waals surface area contributed by atoms with Crippen molar-refractivity contribution in [3.8, 4) is 5.75 Å². The van der Waals surface area contributed by atoms with Gasteiger partial charge in [-0.05, 0) is 61.2 Å². The van der Waals surface area contributed by atoms with E-state index in [4.69, 9.17) is 10.3 Å². The van der Waals surface area contributed by atoms with Crippen LogP contribution in [0.1, 0.15) is 80.2 Å². The number of carbonyl (C=O) groups is 6. The zero-order chi connectivity index (χ0) is 40.0. The van der Waals surface area contributed by atoms with E-state index in [0.717, 1.165) is 0 Å². The fourth-order valence-corrected chi connectivity index (χ4v) is 5.55. The number of nitrogens with zero attached hydrogens (tertiary/aromatic N) is 3. The maximum absolute atomic E-state index is 13.9. The van der Waals surface area contributed by atoms with E-state index in [9.17, 15) is 39.0 Å². The number of aliphatic hydroxyl groups is 1. The first-order chi connectivity index (χ1) is 24.9. The van der Waals surface area contributed by atoms with Gasteiger partial charge in [0.25, 0.3) is 0 Å². The molecule has 0 spiro atoms. The highest BCUT2D eigenvalue weighted by molar-refractivity contribution is 5.99. The summed E-state index contributed by atoms with van der Waals surface area (Å²) >= 11 is 0. The number of ether oxygens (including phenoxy) is 1. The van der Waals surface area contributed by atoms with Crippen molar-refractivity contribution in [1.82, 2.24) is 26.6 Å². The molecule has 17 nitrogen and oxygen atoms in total. The number of nitrogens with one attached hydrogen (secondary N) is 5. The summed E-state index contributed by atoms with van der Waals surface area (Å²) in [5.74, 6) is -4.88. The maximum Gasteiger partial charge on any atom is 0.245 e. The number of epoxide rings is 1. The first-order valence-corrected chi connectivity index (χ1v) is 18.0. The van der Waals surface area contributed by atoms with Gasteiger partial charge in [0.15, 0.2) is 5.78 Å². The zero-order valence-corrected chi connectivity index (χ0v) is 31.8. The van der Waals surface area contributed by atoms with Crippen LogP contribution in [0.2, 0.25) is 0 Å². The number of azide groups is 1. The SMILES string of the molecule is CC[C@H](C)[C@H](NC(=O)[C@H](Cc1ccc(O)cc1)NC(=O)CN=[N+]=[N-])C(=O)N[C@H](C(=O)N[C@H](C(=O)N[C@@H](CC(C)C)C(=O)[C@@]1(C)CO1)[C@@H](C)O)[C@@H](C)CC. The molecule has 53 heavy (non-hydrogen) atoms. The van der Waals surface area contributed by atoms with Gasteiger partial charge in [-0.1, -0.05) is 71.6 Å². The van der Waals surface area contributed by atoms with Crippen LogP contribution in [0.3, 0.4) is 0 Å². The van der Waals surface area contributed by atoms with E-state index in [-0.39, 0.29) is 30.5 Å². The number of aromatic hydroxyl groups is 1. The number of amides is 5. The van der Waals surface area contributed by atoms with E-state index < -0.39 is 89.8 Å². The van der Waals surface area contributed by atoms with Gasteiger partial charge in [0.05, 0.1) is 18.8 Å². The Labute approximate surface area is 310 Å². The Hall–Kier alpha value is -4.73. The summed E-state index contributed by atoms with van der Waals surface area (Å²) in [5.41, 5.74) is 8.20. The maximum atomic E-state index is 13.9. The topological polar surface area (TPSA) is 264 Å². The van der Waals surface area contributed by atoms with Crippen molar-refractivity contribution in [2.75, 3.05) is 13.2 Å². The van der Waals surface area contributed by atoms with Crippen molar-refractivity contribution >= 4 is 35.3 Å². The molecule has 0 aliphatic carbocycles. The van der Waals surface area contributed by atoms with E-state index in [1.165, 1.54) is 19.1 Å². The number of rotatable bonds is 22. The van der Waals surface area contributed by atoms with Gasteiger partial charge in [-0.2, -0.15) is 0 Å². The Bertz CT molecular complexity index is 1490. The van der Waals surface area contributed by atoms with Gasteiger partial charge >= 0.3 is 0 Å².